The number of hydrogen-bond acceptors (Lipinski definition) is 4. The molecule has 138 valence electrons. The quantitative estimate of drug-likeness (QED) is 0.898. The molecule has 1 fully saturated rings. The zero-order chi connectivity index (χ0) is 18.6. The Kier molecular flexibility index (Phi) is 5.57. The Morgan fingerprint density at radius 3 is 2.42 bits per heavy atom. The fraction of sp³-hybridized carbons (Fsp3) is 0.429. The highest BCUT2D eigenvalue weighted by Crippen LogP contribution is 2.34. The number of benzene rings is 1. The highest BCUT2D eigenvalue weighted by molar-refractivity contribution is 5.94. The zero-order valence-electron chi connectivity index (χ0n) is 15.9. The zero-order valence-corrected chi connectivity index (χ0v) is 15.9. The molecule has 2 aromatic rings. The molecule has 0 spiro atoms. The number of carbonyl (C=O) groups excluding carboxylic acids is 1. The monoisotopic (exact) mass is 352 g/mol. The second-order valence-electron chi connectivity index (χ2n) is 7.43. The van der Waals surface area contributed by atoms with Gasteiger partial charge in [-0.15, -0.1) is 0 Å². The summed E-state index contributed by atoms with van der Waals surface area (Å²) in [6, 6.07) is 14.3. The second-order valence-corrected chi connectivity index (χ2v) is 7.43. The van der Waals surface area contributed by atoms with Crippen molar-refractivity contribution in [2.75, 3.05) is 45.7 Å². The molecule has 26 heavy (non-hydrogen) atoms. The molecule has 1 saturated heterocycles. The third kappa shape index (κ3) is 4.05. The van der Waals surface area contributed by atoms with Crippen LogP contribution in [0.1, 0.15) is 28.8 Å². The Bertz CT molecular complexity index is 719. The van der Waals surface area contributed by atoms with Gasteiger partial charge < -0.3 is 15.1 Å². The second kappa shape index (κ2) is 7.87. The number of likely N-dealkylation sites (tertiary alicyclic amines) is 1. The first-order chi connectivity index (χ1) is 12.5. The normalized spacial score (nSPS) is 16.9. The standard InChI is InChI=1S/C21H28N4O/c1-24(2)19-10-9-17(15-22-19)20(26)23-16-21(11-13-25(3)14-12-21)18-7-5-4-6-8-18/h4-10,15H,11-14,16H2,1-3H3,(H,23,26). The SMILES string of the molecule is CN1CCC(CNC(=O)c2ccc(N(C)C)nc2)(c2ccccc2)CC1. The first kappa shape index (κ1) is 18.4. The molecule has 0 bridgehead atoms. The van der Waals surface area contributed by atoms with Gasteiger partial charge >= 0.3 is 0 Å². The molecule has 5 nitrogen and oxygen atoms in total. The average molecular weight is 352 g/mol. The number of nitrogens with zero attached hydrogens (tertiary/aromatic N) is 3. The van der Waals surface area contributed by atoms with Crippen LogP contribution in [0.5, 0.6) is 0 Å². The van der Waals surface area contributed by atoms with Crippen LogP contribution in [0.15, 0.2) is 48.7 Å². The minimum atomic E-state index is -0.0583. The van der Waals surface area contributed by atoms with Crippen LogP contribution in [-0.4, -0.2) is 56.6 Å². The van der Waals surface area contributed by atoms with Crippen LogP contribution >= 0.6 is 0 Å². The Morgan fingerprint density at radius 1 is 1.15 bits per heavy atom. The van der Waals surface area contributed by atoms with E-state index in [1.165, 1.54) is 5.56 Å². The summed E-state index contributed by atoms with van der Waals surface area (Å²) < 4.78 is 0. The van der Waals surface area contributed by atoms with Crippen molar-refractivity contribution in [2.45, 2.75) is 18.3 Å². The lowest BCUT2D eigenvalue weighted by molar-refractivity contribution is 0.0927. The number of anilines is 1. The summed E-state index contributed by atoms with van der Waals surface area (Å²) in [4.78, 5) is 21.2. The lowest BCUT2D eigenvalue weighted by Gasteiger charge is -2.41. The van der Waals surface area contributed by atoms with Crippen molar-refractivity contribution < 1.29 is 4.79 Å². The van der Waals surface area contributed by atoms with Gasteiger partial charge in [0.15, 0.2) is 0 Å². The molecule has 0 atom stereocenters. The maximum absolute atomic E-state index is 12.6. The van der Waals surface area contributed by atoms with Crippen LogP contribution in [0.4, 0.5) is 5.82 Å². The summed E-state index contributed by atoms with van der Waals surface area (Å²) in [5.74, 6) is 0.787. The number of rotatable bonds is 5. The molecule has 0 unspecified atom stereocenters. The van der Waals surface area contributed by atoms with Gasteiger partial charge in [0.1, 0.15) is 5.82 Å². The Hall–Kier alpha value is -2.40. The van der Waals surface area contributed by atoms with Gasteiger partial charge in [0, 0.05) is 32.3 Å². The van der Waals surface area contributed by atoms with Crippen molar-refractivity contribution in [3.05, 3.63) is 59.8 Å². The van der Waals surface area contributed by atoms with E-state index in [-0.39, 0.29) is 11.3 Å². The van der Waals surface area contributed by atoms with Crippen molar-refractivity contribution in [1.29, 1.82) is 0 Å². The lowest BCUT2D eigenvalue weighted by Crippen LogP contribution is -2.48. The first-order valence-corrected chi connectivity index (χ1v) is 9.16. The number of pyridine rings is 1. The van der Waals surface area contributed by atoms with E-state index in [2.05, 4.69) is 46.5 Å². The van der Waals surface area contributed by atoms with Crippen molar-refractivity contribution >= 4 is 11.7 Å². The molecule has 1 N–H and O–H groups in total. The summed E-state index contributed by atoms with van der Waals surface area (Å²) in [5, 5.41) is 3.16. The number of carbonyl (C=O) groups is 1. The maximum atomic E-state index is 12.6. The molecule has 2 heterocycles. The Morgan fingerprint density at radius 2 is 1.85 bits per heavy atom. The summed E-state index contributed by atoms with van der Waals surface area (Å²) >= 11 is 0. The minimum Gasteiger partial charge on any atom is -0.363 e. The van der Waals surface area contributed by atoms with Crippen molar-refractivity contribution in [2.24, 2.45) is 0 Å². The average Bonchev–Trinajstić information content (AvgIpc) is 2.68. The smallest absolute Gasteiger partial charge is 0.252 e. The number of hydrogen-bond donors (Lipinski definition) is 1. The third-order valence-electron chi connectivity index (χ3n) is 5.39. The van der Waals surface area contributed by atoms with E-state index >= 15 is 0 Å². The van der Waals surface area contributed by atoms with E-state index in [1.807, 2.05) is 37.2 Å². The molecule has 3 rings (SSSR count). The minimum absolute atomic E-state index is 0.000432. The fourth-order valence-corrected chi connectivity index (χ4v) is 3.54. The van der Waals surface area contributed by atoms with Crippen LogP contribution in [0, 0.1) is 0 Å². The molecule has 1 amide bonds. The number of nitrogens with one attached hydrogen (secondary N) is 1. The topological polar surface area (TPSA) is 48.5 Å². The molecule has 1 aliphatic heterocycles. The van der Waals surface area contributed by atoms with E-state index in [1.54, 1.807) is 6.20 Å². The maximum Gasteiger partial charge on any atom is 0.252 e. The first-order valence-electron chi connectivity index (χ1n) is 9.16. The van der Waals surface area contributed by atoms with E-state index in [4.69, 9.17) is 0 Å². The highest BCUT2D eigenvalue weighted by Gasteiger charge is 2.35. The predicted molar refractivity (Wildman–Crippen MR) is 106 cm³/mol. The van der Waals surface area contributed by atoms with Gasteiger partial charge in [0.2, 0.25) is 0 Å². The Balaban J connectivity index is 1.72. The van der Waals surface area contributed by atoms with Gasteiger partial charge in [-0.3, -0.25) is 4.79 Å². The van der Waals surface area contributed by atoms with Crippen LogP contribution < -0.4 is 10.2 Å². The van der Waals surface area contributed by atoms with Crippen LogP contribution in [0.25, 0.3) is 0 Å². The largest absolute Gasteiger partial charge is 0.363 e. The highest BCUT2D eigenvalue weighted by atomic mass is 16.1. The molecule has 1 aromatic heterocycles. The molecule has 1 aromatic carbocycles. The van der Waals surface area contributed by atoms with Gasteiger partial charge in [0.25, 0.3) is 5.91 Å². The van der Waals surface area contributed by atoms with Crippen LogP contribution in [0.3, 0.4) is 0 Å². The number of piperidine rings is 1. The van der Waals surface area contributed by atoms with Gasteiger partial charge in [-0.25, -0.2) is 4.98 Å². The third-order valence-corrected chi connectivity index (χ3v) is 5.39. The fourth-order valence-electron chi connectivity index (χ4n) is 3.54. The number of amides is 1. The molecular weight excluding hydrogens is 324 g/mol. The van der Waals surface area contributed by atoms with E-state index in [9.17, 15) is 4.79 Å². The van der Waals surface area contributed by atoms with Gasteiger partial charge in [-0.1, -0.05) is 30.3 Å². The van der Waals surface area contributed by atoms with Gasteiger partial charge in [0.05, 0.1) is 5.56 Å². The van der Waals surface area contributed by atoms with Crippen LogP contribution in [0.2, 0.25) is 0 Å². The predicted octanol–water partition coefficient (Wildman–Crippen LogP) is 2.54. The van der Waals surface area contributed by atoms with E-state index in [0.29, 0.717) is 12.1 Å². The summed E-state index contributed by atoms with van der Waals surface area (Å²) in [5.41, 5.74) is 1.92. The van der Waals surface area contributed by atoms with E-state index in [0.717, 1.165) is 31.7 Å². The van der Waals surface area contributed by atoms with Crippen LogP contribution in [-0.2, 0) is 5.41 Å². The summed E-state index contributed by atoms with van der Waals surface area (Å²) in [6.45, 7) is 2.74. The van der Waals surface area contributed by atoms with Gasteiger partial charge in [-0.05, 0) is 50.7 Å². The molecule has 0 radical (unpaired) electrons. The van der Waals surface area contributed by atoms with E-state index < -0.39 is 0 Å². The Labute approximate surface area is 156 Å². The summed E-state index contributed by atoms with van der Waals surface area (Å²) in [7, 11) is 6.03. The van der Waals surface area contributed by atoms with Crippen molar-refractivity contribution in [1.82, 2.24) is 15.2 Å². The van der Waals surface area contributed by atoms with Crippen molar-refractivity contribution in [3.8, 4) is 0 Å². The number of aromatic nitrogens is 1. The lowest BCUT2D eigenvalue weighted by atomic mass is 9.72. The molecule has 5 heteroatoms. The summed E-state index contributed by atoms with van der Waals surface area (Å²) in [6.07, 6.45) is 3.74. The molecule has 1 aliphatic rings. The molecular formula is C21H28N4O. The molecule has 0 aliphatic carbocycles. The van der Waals surface area contributed by atoms with Gasteiger partial charge in [-0.2, -0.15) is 0 Å². The molecule has 0 saturated carbocycles. The van der Waals surface area contributed by atoms with Crippen molar-refractivity contribution in [3.63, 3.8) is 0 Å².